The second-order valence-corrected chi connectivity index (χ2v) is 5.20. The molecule has 0 bridgehead atoms. The van der Waals surface area contributed by atoms with Gasteiger partial charge in [0.05, 0.1) is 12.8 Å². The molecule has 23 heavy (non-hydrogen) atoms. The third kappa shape index (κ3) is 3.15. The van der Waals surface area contributed by atoms with Crippen molar-refractivity contribution in [3.8, 4) is 5.75 Å². The Balaban J connectivity index is 1.99. The van der Waals surface area contributed by atoms with E-state index in [2.05, 4.69) is 10.4 Å². The van der Waals surface area contributed by atoms with Crippen LogP contribution in [0.4, 0.5) is 4.79 Å². The Morgan fingerprint density at radius 2 is 2.09 bits per heavy atom. The molecule has 1 aliphatic rings. The van der Waals surface area contributed by atoms with Gasteiger partial charge in [-0.1, -0.05) is 37.3 Å². The summed E-state index contributed by atoms with van der Waals surface area (Å²) in [5.74, 6) is 0.354. The van der Waals surface area contributed by atoms with Crippen LogP contribution in [0, 0.1) is 0 Å². The predicted octanol–water partition coefficient (Wildman–Crippen LogP) is 2.51. The highest BCUT2D eigenvalue weighted by atomic mass is 16.5. The Bertz CT molecular complexity index is 786. The Morgan fingerprint density at radius 3 is 2.83 bits per heavy atom. The van der Waals surface area contributed by atoms with Gasteiger partial charge in [0.15, 0.2) is 0 Å². The number of carbonyl (C=O) groups excluding carboxylic acids is 2. The van der Waals surface area contributed by atoms with Crippen LogP contribution in [0.2, 0.25) is 0 Å². The number of carbonyl (C=O) groups is 2. The number of urea groups is 1. The molecule has 0 saturated carbocycles. The summed E-state index contributed by atoms with van der Waals surface area (Å²) in [7, 11) is 0. The van der Waals surface area contributed by atoms with Gasteiger partial charge in [-0.25, -0.2) is 9.80 Å². The van der Waals surface area contributed by atoms with E-state index in [-0.39, 0.29) is 12.5 Å². The maximum Gasteiger partial charge on any atom is 0.344 e. The van der Waals surface area contributed by atoms with E-state index >= 15 is 0 Å². The number of hydrazone groups is 1. The van der Waals surface area contributed by atoms with Crippen molar-refractivity contribution in [2.75, 3.05) is 13.2 Å². The van der Waals surface area contributed by atoms with Gasteiger partial charge in [-0.2, -0.15) is 5.10 Å². The zero-order valence-electron chi connectivity index (χ0n) is 12.8. The van der Waals surface area contributed by atoms with E-state index in [4.69, 9.17) is 4.74 Å². The van der Waals surface area contributed by atoms with Crippen LogP contribution in [0.25, 0.3) is 10.8 Å². The average Bonchev–Trinajstić information content (AvgIpc) is 2.88. The summed E-state index contributed by atoms with van der Waals surface area (Å²) >= 11 is 0. The molecule has 0 aliphatic carbocycles. The third-order valence-electron chi connectivity index (χ3n) is 3.49. The van der Waals surface area contributed by atoms with Crippen molar-refractivity contribution in [3.63, 3.8) is 0 Å². The van der Waals surface area contributed by atoms with Crippen molar-refractivity contribution in [2.45, 2.75) is 13.3 Å². The van der Waals surface area contributed by atoms with Gasteiger partial charge in [-0.05, 0) is 23.3 Å². The highest BCUT2D eigenvalue weighted by Gasteiger charge is 2.26. The molecular formula is C17H17N3O3. The lowest BCUT2D eigenvalue weighted by Gasteiger charge is -2.12. The smallest absolute Gasteiger partial charge is 0.344 e. The summed E-state index contributed by atoms with van der Waals surface area (Å²) in [6.07, 6.45) is 2.47. The second kappa shape index (κ2) is 6.48. The molecule has 1 heterocycles. The number of amides is 3. The fraction of sp³-hybridized carbons (Fsp3) is 0.235. The molecule has 6 nitrogen and oxygen atoms in total. The van der Waals surface area contributed by atoms with Gasteiger partial charge in [0.1, 0.15) is 12.3 Å². The van der Waals surface area contributed by atoms with Crippen LogP contribution in [0.3, 0.4) is 0 Å². The lowest BCUT2D eigenvalue weighted by Crippen LogP contribution is -2.24. The van der Waals surface area contributed by atoms with Crippen LogP contribution in [0.1, 0.15) is 18.9 Å². The first-order chi connectivity index (χ1) is 11.2. The highest BCUT2D eigenvalue weighted by Crippen LogP contribution is 2.27. The fourth-order valence-electron chi connectivity index (χ4n) is 2.40. The normalized spacial score (nSPS) is 14.7. The number of hydrogen-bond acceptors (Lipinski definition) is 4. The number of imide groups is 1. The third-order valence-corrected chi connectivity index (χ3v) is 3.49. The monoisotopic (exact) mass is 311 g/mol. The minimum absolute atomic E-state index is 0.0642. The average molecular weight is 311 g/mol. The molecule has 1 fully saturated rings. The van der Waals surface area contributed by atoms with E-state index in [1.54, 1.807) is 6.21 Å². The maximum atomic E-state index is 11.6. The molecule has 0 unspecified atom stereocenters. The lowest BCUT2D eigenvalue weighted by atomic mass is 10.0. The van der Waals surface area contributed by atoms with Crippen molar-refractivity contribution >= 4 is 28.9 Å². The predicted molar refractivity (Wildman–Crippen MR) is 87.6 cm³/mol. The zero-order chi connectivity index (χ0) is 16.2. The SMILES string of the molecule is CCCOc1ccc2ccccc2c1/C=N\N1CC(=O)NC1=O. The van der Waals surface area contributed by atoms with Crippen molar-refractivity contribution in [1.29, 1.82) is 0 Å². The topological polar surface area (TPSA) is 71.0 Å². The van der Waals surface area contributed by atoms with Crippen molar-refractivity contribution < 1.29 is 14.3 Å². The summed E-state index contributed by atoms with van der Waals surface area (Å²) in [6.45, 7) is 2.57. The van der Waals surface area contributed by atoms with Crippen molar-refractivity contribution in [3.05, 3.63) is 42.0 Å². The summed E-state index contributed by atoms with van der Waals surface area (Å²) in [4.78, 5) is 22.8. The highest BCUT2D eigenvalue weighted by molar-refractivity contribution is 6.04. The van der Waals surface area contributed by atoms with Gasteiger partial charge in [0.2, 0.25) is 5.91 Å². The molecule has 118 valence electrons. The summed E-state index contributed by atoms with van der Waals surface area (Å²) in [5.41, 5.74) is 0.795. The van der Waals surface area contributed by atoms with Gasteiger partial charge in [0, 0.05) is 5.56 Å². The Hall–Kier alpha value is -2.89. The van der Waals surface area contributed by atoms with Gasteiger partial charge in [0.25, 0.3) is 0 Å². The summed E-state index contributed by atoms with van der Waals surface area (Å²) in [6, 6.07) is 11.3. The first-order valence-corrected chi connectivity index (χ1v) is 7.49. The number of nitrogens with zero attached hydrogens (tertiary/aromatic N) is 2. The number of fused-ring (bicyclic) bond motifs is 1. The van der Waals surface area contributed by atoms with Gasteiger partial charge < -0.3 is 4.74 Å². The molecule has 2 aromatic rings. The number of benzene rings is 2. The van der Waals surface area contributed by atoms with E-state index in [9.17, 15) is 9.59 Å². The molecule has 3 amide bonds. The zero-order valence-corrected chi connectivity index (χ0v) is 12.8. The minimum Gasteiger partial charge on any atom is -0.493 e. The standard InChI is InChI=1S/C17H17N3O3/c1-2-9-23-15-8-7-12-5-3-4-6-13(12)14(15)10-18-20-11-16(21)19-17(20)22/h3-8,10H,2,9,11H2,1H3,(H,19,21,22)/b18-10-. The van der Waals surface area contributed by atoms with Crippen LogP contribution >= 0.6 is 0 Å². The number of ether oxygens (including phenoxy) is 1. The van der Waals surface area contributed by atoms with Crippen molar-refractivity contribution in [2.24, 2.45) is 5.10 Å². The fourth-order valence-corrected chi connectivity index (χ4v) is 2.40. The largest absolute Gasteiger partial charge is 0.493 e. The number of rotatable bonds is 5. The molecule has 0 atom stereocenters. The lowest BCUT2D eigenvalue weighted by molar-refractivity contribution is -0.118. The van der Waals surface area contributed by atoms with Crippen LogP contribution in [-0.4, -0.2) is 36.3 Å². The van der Waals surface area contributed by atoms with Crippen LogP contribution in [-0.2, 0) is 4.79 Å². The second-order valence-electron chi connectivity index (χ2n) is 5.20. The van der Waals surface area contributed by atoms with Crippen LogP contribution < -0.4 is 10.1 Å². The van der Waals surface area contributed by atoms with Crippen LogP contribution in [0.15, 0.2) is 41.5 Å². The summed E-state index contributed by atoms with van der Waals surface area (Å²) < 4.78 is 5.78. The van der Waals surface area contributed by atoms with Crippen LogP contribution in [0.5, 0.6) is 5.75 Å². The molecule has 6 heteroatoms. The molecule has 1 N–H and O–H groups in total. The Morgan fingerprint density at radius 1 is 1.26 bits per heavy atom. The first kappa shape index (κ1) is 15.0. The molecule has 0 radical (unpaired) electrons. The molecule has 3 rings (SSSR count). The van der Waals surface area contributed by atoms with Gasteiger partial charge >= 0.3 is 6.03 Å². The number of nitrogens with one attached hydrogen (secondary N) is 1. The molecule has 0 aromatic heterocycles. The quantitative estimate of drug-likeness (QED) is 0.681. The van der Waals surface area contributed by atoms with Gasteiger partial charge in [-0.15, -0.1) is 0 Å². The van der Waals surface area contributed by atoms with E-state index in [1.807, 2.05) is 43.3 Å². The minimum atomic E-state index is -0.512. The molecular weight excluding hydrogens is 294 g/mol. The van der Waals surface area contributed by atoms with E-state index < -0.39 is 6.03 Å². The first-order valence-electron chi connectivity index (χ1n) is 7.49. The van der Waals surface area contributed by atoms with Crippen molar-refractivity contribution in [1.82, 2.24) is 10.3 Å². The molecule has 1 aliphatic heterocycles. The maximum absolute atomic E-state index is 11.6. The van der Waals surface area contributed by atoms with Gasteiger partial charge in [-0.3, -0.25) is 10.1 Å². The van der Waals surface area contributed by atoms with E-state index in [1.165, 1.54) is 0 Å². The molecule has 1 saturated heterocycles. The van der Waals surface area contributed by atoms with E-state index in [0.717, 1.165) is 27.8 Å². The molecule has 2 aromatic carbocycles. The number of hydrogen-bond donors (Lipinski definition) is 1. The Labute approximate surface area is 133 Å². The molecule has 0 spiro atoms. The Kier molecular flexibility index (Phi) is 4.23. The van der Waals surface area contributed by atoms with E-state index in [0.29, 0.717) is 12.4 Å². The summed E-state index contributed by atoms with van der Waals surface area (Å²) in [5, 5.41) is 9.47.